The number of primary amides is 1. The number of imide groups is 1. The van der Waals surface area contributed by atoms with Crippen LogP contribution in [0.3, 0.4) is 0 Å². The van der Waals surface area contributed by atoms with Crippen molar-refractivity contribution in [3.8, 4) is 0 Å². The number of hydrogen-bond acceptors (Lipinski definition) is 5. The summed E-state index contributed by atoms with van der Waals surface area (Å²) in [7, 11) is 0. The fourth-order valence-corrected chi connectivity index (χ4v) is 5.03. The summed E-state index contributed by atoms with van der Waals surface area (Å²) < 4.78 is 14.1. The van der Waals surface area contributed by atoms with Gasteiger partial charge in [0.1, 0.15) is 11.4 Å². The zero-order valence-corrected chi connectivity index (χ0v) is 16.5. The molecular formula is C21H27FN4O3. The van der Waals surface area contributed by atoms with Gasteiger partial charge in [-0.1, -0.05) is 18.6 Å². The van der Waals surface area contributed by atoms with E-state index in [0.717, 1.165) is 30.8 Å². The molecule has 3 aliphatic rings. The lowest BCUT2D eigenvalue weighted by atomic mass is 9.83. The number of hydrogen-bond donors (Lipinski definition) is 1. The number of piperidine rings is 2. The predicted octanol–water partition coefficient (Wildman–Crippen LogP) is 1.26. The van der Waals surface area contributed by atoms with Gasteiger partial charge in [-0.15, -0.1) is 0 Å². The van der Waals surface area contributed by atoms with Crippen molar-refractivity contribution in [2.75, 3.05) is 31.1 Å². The molecule has 1 atom stereocenters. The second-order valence-corrected chi connectivity index (χ2v) is 8.22. The molecule has 3 saturated heterocycles. The maximum Gasteiger partial charge on any atom is 0.251 e. The number of nitrogens with two attached hydrogens (primary N) is 1. The van der Waals surface area contributed by atoms with Crippen molar-refractivity contribution >= 4 is 23.4 Å². The first-order chi connectivity index (χ1) is 13.9. The number of benzene rings is 1. The highest BCUT2D eigenvalue weighted by atomic mass is 19.1. The monoisotopic (exact) mass is 402 g/mol. The molecule has 0 aromatic heterocycles. The van der Waals surface area contributed by atoms with Crippen molar-refractivity contribution in [1.82, 2.24) is 9.80 Å². The van der Waals surface area contributed by atoms with E-state index in [4.69, 9.17) is 5.73 Å². The van der Waals surface area contributed by atoms with Crippen molar-refractivity contribution < 1.29 is 18.8 Å². The topological polar surface area (TPSA) is 87.0 Å². The minimum absolute atomic E-state index is 0.00167. The van der Waals surface area contributed by atoms with Crippen LogP contribution in [-0.4, -0.2) is 65.3 Å². The van der Waals surface area contributed by atoms with Gasteiger partial charge in [0.15, 0.2) is 0 Å². The lowest BCUT2D eigenvalue weighted by Crippen LogP contribution is -2.64. The van der Waals surface area contributed by atoms with Crippen LogP contribution in [0.25, 0.3) is 0 Å². The SMILES string of the molecule is NC(=O)C1(N2CCCCC2)CCN([C@H]2CC(=O)N(c3ccccc3F)C2=O)CC1. The van der Waals surface area contributed by atoms with Gasteiger partial charge in [-0.3, -0.25) is 24.2 Å². The van der Waals surface area contributed by atoms with Gasteiger partial charge in [-0.25, -0.2) is 9.29 Å². The van der Waals surface area contributed by atoms with E-state index in [0.29, 0.717) is 25.9 Å². The number of para-hydroxylation sites is 1. The van der Waals surface area contributed by atoms with Crippen LogP contribution in [0.15, 0.2) is 24.3 Å². The van der Waals surface area contributed by atoms with Gasteiger partial charge in [-0.2, -0.15) is 0 Å². The van der Waals surface area contributed by atoms with E-state index in [1.807, 2.05) is 4.90 Å². The van der Waals surface area contributed by atoms with Crippen LogP contribution >= 0.6 is 0 Å². The van der Waals surface area contributed by atoms with E-state index < -0.39 is 29.2 Å². The van der Waals surface area contributed by atoms with E-state index in [-0.39, 0.29) is 18.0 Å². The molecule has 0 unspecified atom stereocenters. The second-order valence-electron chi connectivity index (χ2n) is 8.22. The molecule has 8 heteroatoms. The van der Waals surface area contributed by atoms with Gasteiger partial charge in [0.05, 0.1) is 18.2 Å². The Morgan fingerprint density at radius 2 is 1.69 bits per heavy atom. The molecule has 0 bridgehead atoms. The lowest BCUT2D eigenvalue weighted by Gasteiger charge is -2.48. The van der Waals surface area contributed by atoms with E-state index in [1.54, 1.807) is 6.07 Å². The van der Waals surface area contributed by atoms with Gasteiger partial charge in [-0.05, 0) is 50.9 Å². The Labute approximate surface area is 169 Å². The first-order valence-electron chi connectivity index (χ1n) is 10.3. The molecule has 3 heterocycles. The highest BCUT2D eigenvalue weighted by Gasteiger charge is 2.49. The first-order valence-corrected chi connectivity index (χ1v) is 10.3. The first kappa shape index (κ1) is 20.0. The molecule has 0 spiro atoms. The van der Waals surface area contributed by atoms with Gasteiger partial charge < -0.3 is 5.73 Å². The maximum absolute atomic E-state index is 14.1. The molecule has 3 aliphatic heterocycles. The summed E-state index contributed by atoms with van der Waals surface area (Å²) in [5.41, 5.74) is 5.15. The molecule has 1 aromatic rings. The summed E-state index contributed by atoms with van der Waals surface area (Å²) in [4.78, 5) is 43.0. The zero-order valence-electron chi connectivity index (χ0n) is 16.5. The number of carbonyl (C=O) groups excluding carboxylic acids is 3. The molecule has 0 aliphatic carbocycles. The van der Waals surface area contributed by atoms with Gasteiger partial charge in [0, 0.05) is 13.1 Å². The highest BCUT2D eigenvalue weighted by Crippen LogP contribution is 2.35. The second kappa shape index (κ2) is 7.84. The van der Waals surface area contributed by atoms with E-state index in [2.05, 4.69) is 4.90 Å². The number of carbonyl (C=O) groups is 3. The Morgan fingerprint density at radius 1 is 1.03 bits per heavy atom. The minimum atomic E-state index is -0.673. The molecule has 3 fully saturated rings. The fourth-order valence-electron chi connectivity index (χ4n) is 5.03. The number of anilines is 1. The van der Waals surface area contributed by atoms with E-state index in [9.17, 15) is 18.8 Å². The Bertz CT molecular complexity index is 816. The number of amides is 3. The van der Waals surface area contributed by atoms with E-state index in [1.165, 1.54) is 24.6 Å². The number of rotatable bonds is 4. The van der Waals surface area contributed by atoms with Crippen LogP contribution in [0.5, 0.6) is 0 Å². The molecule has 2 N–H and O–H groups in total. The molecule has 7 nitrogen and oxygen atoms in total. The van der Waals surface area contributed by atoms with Gasteiger partial charge in [0.2, 0.25) is 11.8 Å². The third kappa shape index (κ3) is 3.44. The zero-order chi connectivity index (χ0) is 20.6. The molecule has 29 heavy (non-hydrogen) atoms. The number of likely N-dealkylation sites (tertiary alicyclic amines) is 2. The van der Waals surface area contributed by atoms with Crippen LogP contribution in [-0.2, 0) is 14.4 Å². The molecule has 3 amide bonds. The van der Waals surface area contributed by atoms with E-state index >= 15 is 0 Å². The van der Waals surface area contributed by atoms with Crippen LogP contribution in [0.1, 0.15) is 38.5 Å². The minimum Gasteiger partial charge on any atom is -0.368 e. The third-order valence-corrected chi connectivity index (χ3v) is 6.70. The lowest BCUT2D eigenvalue weighted by molar-refractivity contribution is -0.136. The van der Waals surface area contributed by atoms with Crippen LogP contribution in [0, 0.1) is 5.82 Å². The summed E-state index contributed by atoms with van der Waals surface area (Å²) in [5.74, 6) is -1.69. The maximum atomic E-state index is 14.1. The smallest absolute Gasteiger partial charge is 0.251 e. The molecule has 156 valence electrons. The average molecular weight is 402 g/mol. The third-order valence-electron chi connectivity index (χ3n) is 6.70. The summed E-state index contributed by atoms with van der Waals surface area (Å²) >= 11 is 0. The molecule has 0 saturated carbocycles. The molecule has 4 rings (SSSR count). The highest BCUT2D eigenvalue weighted by molar-refractivity contribution is 6.22. The molecular weight excluding hydrogens is 375 g/mol. The Kier molecular flexibility index (Phi) is 5.40. The normalized spacial score (nSPS) is 26.1. The van der Waals surface area contributed by atoms with Gasteiger partial charge >= 0.3 is 0 Å². The predicted molar refractivity (Wildman–Crippen MR) is 105 cm³/mol. The van der Waals surface area contributed by atoms with Crippen LogP contribution in [0.2, 0.25) is 0 Å². The average Bonchev–Trinajstić information content (AvgIpc) is 3.03. The summed E-state index contributed by atoms with van der Waals surface area (Å²) in [5, 5.41) is 0. The van der Waals surface area contributed by atoms with Crippen molar-refractivity contribution in [1.29, 1.82) is 0 Å². The Balaban J connectivity index is 1.48. The Hall–Kier alpha value is -2.32. The summed E-state index contributed by atoms with van der Waals surface area (Å²) in [6.45, 7) is 2.75. The van der Waals surface area contributed by atoms with Gasteiger partial charge in [0.25, 0.3) is 5.91 Å². The van der Waals surface area contributed by atoms with Crippen molar-refractivity contribution in [2.24, 2.45) is 5.73 Å². The van der Waals surface area contributed by atoms with Crippen LogP contribution in [0.4, 0.5) is 10.1 Å². The summed E-state index contributed by atoms with van der Waals surface area (Å²) in [6.07, 6.45) is 4.40. The fraction of sp³-hybridized carbons (Fsp3) is 0.571. The quantitative estimate of drug-likeness (QED) is 0.767. The largest absolute Gasteiger partial charge is 0.368 e. The van der Waals surface area contributed by atoms with Crippen molar-refractivity contribution in [2.45, 2.75) is 50.1 Å². The standard InChI is InChI=1S/C21H27FN4O3/c22-15-6-2-3-7-16(15)26-18(27)14-17(19(26)28)24-12-8-21(9-13-24,20(23)29)25-10-4-1-5-11-25/h2-3,6-7,17H,1,4-5,8-14H2,(H2,23,29)/t17-/m0/s1. The number of nitrogens with zero attached hydrogens (tertiary/aromatic N) is 3. The summed E-state index contributed by atoms with van der Waals surface area (Å²) in [6, 6.07) is 5.19. The van der Waals surface area contributed by atoms with Crippen molar-refractivity contribution in [3.05, 3.63) is 30.1 Å². The molecule has 1 aromatic carbocycles. The number of halogens is 1. The van der Waals surface area contributed by atoms with Crippen molar-refractivity contribution in [3.63, 3.8) is 0 Å². The van der Waals surface area contributed by atoms with Crippen LogP contribution < -0.4 is 10.6 Å². The Morgan fingerprint density at radius 3 is 2.31 bits per heavy atom. The molecule has 0 radical (unpaired) electrons.